The Morgan fingerprint density at radius 1 is 0.789 bits per heavy atom. The molecule has 0 atom stereocenters. The van der Waals surface area contributed by atoms with Crippen LogP contribution in [0.3, 0.4) is 0 Å². The molecule has 0 saturated heterocycles. The van der Waals surface area contributed by atoms with Crippen molar-refractivity contribution < 1.29 is 13.3 Å². The maximum Gasteiger partial charge on any atom is 0.501 e. The normalized spacial score (nSPS) is 12.3. The van der Waals surface area contributed by atoms with Gasteiger partial charge in [0.2, 0.25) is 0 Å². The van der Waals surface area contributed by atoms with E-state index in [1.54, 1.807) is 0 Å². The Labute approximate surface area is 120 Å². The predicted octanol–water partition coefficient (Wildman–Crippen LogP) is 3.16. The van der Waals surface area contributed by atoms with Gasteiger partial charge in [0.05, 0.1) is 0 Å². The zero-order chi connectivity index (χ0) is 14.6. The van der Waals surface area contributed by atoms with Crippen molar-refractivity contribution in [1.29, 1.82) is 0 Å². The van der Waals surface area contributed by atoms with E-state index in [2.05, 4.69) is 39.8 Å². The molecule has 0 fully saturated rings. The van der Waals surface area contributed by atoms with Crippen LogP contribution in [-0.4, -0.2) is 54.2 Å². The molecular formula is C14H33NO3Si. The van der Waals surface area contributed by atoms with Gasteiger partial charge in [0.25, 0.3) is 0 Å². The first-order chi connectivity index (χ1) is 9.10. The molecule has 0 aliphatic carbocycles. The molecule has 0 rings (SSSR count). The fourth-order valence-electron chi connectivity index (χ4n) is 1.73. The minimum Gasteiger partial charge on any atom is -0.373 e. The van der Waals surface area contributed by atoms with Crippen LogP contribution in [0.25, 0.3) is 0 Å². The van der Waals surface area contributed by atoms with Crippen molar-refractivity contribution in [3.05, 3.63) is 0 Å². The van der Waals surface area contributed by atoms with Crippen molar-refractivity contribution >= 4 is 8.80 Å². The Bertz CT molecular complexity index is 181. The fourth-order valence-corrected chi connectivity index (χ4v) is 4.55. The molecule has 4 nitrogen and oxygen atoms in total. The van der Waals surface area contributed by atoms with Crippen LogP contribution in [0.4, 0.5) is 0 Å². The molecule has 0 aliphatic heterocycles. The van der Waals surface area contributed by atoms with Crippen LogP contribution in [0, 0.1) is 0 Å². The lowest BCUT2D eigenvalue weighted by molar-refractivity contribution is 0.0583. The van der Waals surface area contributed by atoms with Crippen molar-refractivity contribution in [2.24, 2.45) is 0 Å². The maximum atomic E-state index is 6.04. The average molecular weight is 292 g/mol. The van der Waals surface area contributed by atoms with Gasteiger partial charge in [-0.3, -0.25) is 0 Å². The molecule has 0 radical (unpaired) electrons. The molecule has 0 saturated carbocycles. The molecule has 0 aromatic carbocycles. The van der Waals surface area contributed by atoms with Crippen LogP contribution in [-0.2, 0) is 13.3 Å². The van der Waals surface area contributed by atoms with E-state index in [1.165, 1.54) is 0 Å². The minimum atomic E-state index is -2.45. The van der Waals surface area contributed by atoms with E-state index in [4.69, 9.17) is 13.3 Å². The first-order valence-corrected chi connectivity index (χ1v) is 9.60. The first kappa shape index (κ1) is 19.1. The third-order valence-electron chi connectivity index (χ3n) is 2.67. The summed E-state index contributed by atoms with van der Waals surface area (Å²) < 4.78 is 18.1. The van der Waals surface area contributed by atoms with Gasteiger partial charge in [-0.05, 0) is 46.3 Å². The third kappa shape index (κ3) is 9.57. The standard InChI is InChI=1S/C14H33NO3Si/c1-6-11-16-19(17-12-7-2,18-13-8-3)14-9-10-15(4)5/h6-14H2,1-5H3. The molecule has 0 aromatic heterocycles. The molecule has 0 unspecified atom stereocenters. The lowest BCUT2D eigenvalue weighted by Gasteiger charge is -2.30. The summed E-state index contributed by atoms with van der Waals surface area (Å²) in [5, 5.41) is 0. The lowest BCUT2D eigenvalue weighted by atomic mass is 10.5. The van der Waals surface area contributed by atoms with E-state index in [-0.39, 0.29) is 0 Å². The number of hydrogen-bond acceptors (Lipinski definition) is 4. The fraction of sp³-hybridized carbons (Fsp3) is 1.00. The van der Waals surface area contributed by atoms with Crippen LogP contribution < -0.4 is 0 Å². The number of rotatable bonds is 13. The van der Waals surface area contributed by atoms with Gasteiger partial charge < -0.3 is 18.2 Å². The van der Waals surface area contributed by atoms with Crippen LogP contribution in [0.5, 0.6) is 0 Å². The highest BCUT2D eigenvalue weighted by Crippen LogP contribution is 2.19. The van der Waals surface area contributed by atoms with Crippen LogP contribution in [0.1, 0.15) is 46.5 Å². The number of nitrogens with zero attached hydrogens (tertiary/aromatic N) is 1. The summed E-state index contributed by atoms with van der Waals surface area (Å²) in [5.41, 5.74) is 0. The van der Waals surface area contributed by atoms with Crippen molar-refractivity contribution in [1.82, 2.24) is 4.90 Å². The Hall–Kier alpha value is 0.0569. The van der Waals surface area contributed by atoms with Crippen molar-refractivity contribution in [3.63, 3.8) is 0 Å². The van der Waals surface area contributed by atoms with Crippen LogP contribution in [0.15, 0.2) is 0 Å². The summed E-state index contributed by atoms with van der Waals surface area (Å²) in [4.78, 5) is 2.19. The molecule has 19 heavy (non-hydrogen) atoms. The molecule has 0 aromatic rings. The Morgan fingerprint density at radius 3 is 1.53 bits per heavy atom. The van der Waals surface area contributed by atoms with Crippen molar-refractivity contribution in [2.75, 3.05) is 40.5 Å². The molecule has 0 aliphatic rings. The van der Waals surface area contributed by atoms with E-state index in [0.29, 0.717) is 0 Å². The quantitative estimate of drug-likeness (QED) is 0.488. The summed E-state index contributed by atoms with van der Waals surface area (Å²) in [6.45, 7) is 9.63. The molecular weight excluding hydrogens is 258 g/mol. The maximum absolute atomic E-state index is 6.04. The van der Waals surface area contributed by atoms with Gasteiger partial charge in [-0.2, -0.15) is 0 Å². The van der Waals surface area contributed by atoms with E-state index < -0.39 is 8.80 Å². The summed E-state index contributed by atoms with van der Waals surface area (Å²) in [6.07, 6.45) is 4.09. The summed E-state index contributed by atoms with van der Waals surface area (Å²) in [5.74, 6) is 0. The zero-order valence-corrected chi connectivity index (χ0v) is 14.5. The van der Waals surface area contributed by atoms with Gasteiger partial charge in [-0.25, -0.2) is 0 Å². The van der Waals surface area contributed by atoms with E-state index in [0.717, 1.165) is 58.1 Å². The van der Waals surface area contributed by atoms with Gasteiger partial charge in [-0.15, -0.1) is 0 Å². The highest BCUT2D eigenvalue weighted by molar-refractivity contribution is 6.60. The van der Waals surface area contributed by atoms with Crippen LogP contribution >= 0.6 is 0 Å². The van der Waals surface area contributed by atoms with Gasteiger partial charge in [0.1, 0.15) is 0 Å². The summed E-state index contributed by atoms with van der Waals surface area (Å²) in [6, 6.07) is 0.922. The van der Waals surface area contributed by atoms with E-state index in [1.807, 2.05) is 0 Å². The van der Waals surface area contributed by atoms with E-state index >= 15 is 0 Å². The summed E-state index contributed by atoms with van der Waals surface area (Å²) in [7, 11) is 1.73. The van der Waals surface area contributed by atoms with Crippen molar-refractivity contribution in [2.45, 2.75) is 52.5 Å². The minimum absolute atomic E-state index is 0.738. The molecule has 0 amide bonds. The zero-order valence-electron chi connectivity index (χ0n) is 13.5. The first-order valence-electron chi connectivity index (χ1n) is 7.66. The lowest BCUT2D eigenvalue weighted by Crippen LogP contribution is -2.47. The topological polar surface area (TPSA) is 30.9 Å². The van der Waals surface area contributed by atoms with Gasteiger partial charge >= 0.3 is 8.80 Å². The SMILES string of the molecule is CCCO[Si](CCCN(C)C)(OCCC)OCCC. The average Bonchev–Trinajstić information content (AvgIpc) is 2.39. The Kier molecular flexibility index (Phi) is 11.9. The molecule has 0 N–H and O–H groups in total. The molecule has 0 heterocycles. The highest BCUT2D eigenvalue weighted by atomic mass is 28.4. The molecule has 0 spiro atoms. The molecule has 116 valence electrons. The second-order valence-corrected chi connectivity index (χ2v) is 7.87. The van der Waals surface area contributed by atoms with Crippen LogP contribution in [0.2, 0.25) is 6.04 Å². The smallest absolute Gasteiger partial charge is 0.373 e. The van der Waals surface area contributed by atoms with Gasteiger partial charge in [-0.1, -0.05) is 20.8 Å². The third-order valence-corrected chi connectivity index (χ3v) is 5.56. The van der Waals surface area contributed by atoms with Gasteiger partial charge in [0, 0.05) is 25.9 Å². The second kappa shape index (κ2) is 11.8. The second-order valence-electron chi connectivity index (χ2n) is 5.14. The molecule has 5 heteroatoms. The predicted molar refractivity (Wildman–Crippen MR) is 82.5 cm³/mol. The number of hydrogen-bond donors (Lipinski definition) is 0. The van der Waals surface area contributed by atoms with E-state index in [9.17, 15) is 0 Å². The summed E-state index contributed by atoms with van der Waals surface area (Å²) >= 11 is 0. The highest BCUT2D eigenvalue weighted by Gasteiger charge is 2.40. The monoisotopic (exact) mass is 291 g/mol. The van der Waals surface area contributed by atoms with Gasteiger partial charge in [0.15, 0.2) is 0 Å². The van der Waals surface area contributed by atoms with Crippen molar-refractivity contribution in [3.8, 4) is 0 Å². The largest absolute Gasteiger partial charge is 0.501 e. The molecule has 0 bridgehead atoms. The Balaban J connectivity index is 4.47. The Morgan fingerprint density at radius 2 is 1.21 bits per heavy atom.